The highest BCUT2D eigenvalue weighted by molar-refractivity contribution is 4.83. The van der Waals surface area contributed by atoms with Crippen molar-refractivity contribution in [2.24, 2.45) is 0 Å². The van der Waals surface area contributed by atoms with Crippen molar-refractivity contribution in [3.05, 3.63) is 0 Å². The number of rotatable bonds is 4. The van der Waals surface area contributed by atoms with Crippen LogP contribution < -0.4 is 5.32 Å². The van der Waals surface area contributed by atoms with Crippen LogP contribution >= 0.6 is 0 Å². The summed E-state index contributed by atoms with van der Waals surface area (Å²) in [6, 6.07) is 0. The fraction of sp³-hybridized carbons (Fsp3) is 0.714. The average molecular weight is 165 g/mol. The van der Waals surface area contributed by atoms with Crippen LogP contribution in [-0.2, 0) is 0 Å². The minimum Gasteiger partial charge on any atom is -0.315 e. The third kappa shape index (κ3) is 9.31. The Morgan fingerprint density at radius 3 is 2.36 bits per heavy atom. The van der Waals surface area contributed by atoms with Crippen molar-refractivity contribution in [3.8, 4) is 12.3 Å². The standard InChI is InChI=1S/C7H10F3N/c1-2-3-5-11-6-4-7(8,9)10/h1,11H,3-6H2. The van der Waals surface area contributed by atoms with Crippen LogP contribution in [0.5, 0.6) is 0 Å². The lowest BCUT2D eigenvalue weighted by Gasteiger charge is -2.05. The van der Waals surface area contributed by atoms with E-state index in [4.69, 9.17) is 6.42 Å². The molecule has 0 radical (unpaired) electrons. The molecule has 0 fully saturated rings. The molecule has 0 bridgehead atoms. The van der Waals surface area contributed by atoms with Gasteiger partial charge in [-0.2, -0.15) is 13.2 Å². The molecule has 0 aromatic rings. The van der Waals surface area contributed by atoms with Crippen LogP contribution in [0.3, 0.4) is 0 Å². The van der Waals surface area contributed by atoms with Crippen LogP contribution in [0.15, 0.2) is 0 Å². The van der Waals surface area contributed by atoms with Crippen LogP contribution in [0.1, 0.15) is 12.8 Å². The van der Waals surface area contributed by atoms with Gasteiger partial charge in [-0.1, -0.05) is 0 Å². The molecule has 0 aromatic heterocycles. The van der Waals surface area contributed by atoms with E-state index in [-0.39, 0.29) is 6.54 Å². The van der Waals surface area contributed by atoms with Crippen LogP contribution in [0.2, 0.25) is 0 Å². The van der Waals surface area contributed by atoms with Gasteiger partial charge in [0.05, 0.1) is 6.42 Å². The Morgan fingerprint density at radius 2 is 1.91 bits per heavy atom. The topological polar surface area (TPSA) is 12.0 Å². The van der Waals surface area contributed by atoms with Gasteiger partial charge in [0.15, 0.2) is 0 Å². The molecule has 11 heavy (non-hydrogen) atoms. The van der Waals surface area contributed by atoms with Crippen LogP contribution in [0.4, 0.5) is 13.2 Å². The van der Waals surface area contributed by atoms with Crippen LogP contribution in [-0.4, -0.2) is 19.3 Å². The minimum atomic E-state index is -4.07. The Labute approximate surface area is 64.0 Å². The maximum absolute atomic E-state index is 11.5. The smallest absolute Gasteiger partial charge is 0.315 e. The molecule has 0 heterocycles. The molecule has 0 aliphatic heterocycles. The lowest BCUT2D eigenvalue weighted by atomic mass is 10.4. The van der Waals surface area contributed by atoms with Gasteiger partial charge < -0.3 is 5.32 Å². The molecule has 0 saturated heterocycles. The number of nitrogens with one attached hydrogen (secondary N) is 1. The molecule has 0 saturated carbocycles. The lowest BCUT2D eigenvalue weighted by Crippen LogP contribution is -2.22. The average Bonchev–Trinajstić information content (AvgIpc) is 1.85. The van der Waals surface area contributed by atoms with E-state index in [1.54, 1.807) is 0 Å². The highest BCUT2D eigenvalue weighted by atomic mass is 19.4. The Morgan fingerprint density at radius 1 is 1.27 bits per heavy atom. The minimum absolute atomic E-state index is 0.0504. The zero-order valence-electron chi connectivity index (χ0n) is 6.04. The SMILES string of the molecule is C#CCCNCCC(F)(F)F. The monoisotopic (exact) mass is 165 g/mol. The van der Waals surface area contributed by atoms with Crippen molar-refractivity contribution in [3.63, 3.8) is 0 Å². The fourth-order valence-corrected chi connectivity index (χ4v) is 0.516. The van der Waals surface area contributed by atoms with Crippen molar-refractivity contribution in [1.82, 2.24) is 5.32 Å². The molecule has 1 N–H and O–H groups in total. The number of hydrogen-bond donors (Lipinski definition) is 1. The van der Waals surface area contributed by atoms with E-state index < -0.39 is 12.6 Å². The highest BCUT2D eigenvalue weighted by Gasteiger charge is 2.25. The number of terminal acetylenes is 1. The van der Waals surface area contributed by atoms with Gasteiger partial charge in [-0.3, -0.25) is 0 Å². The Hall–Kier alpha value is -0.690. The third-order valence-corrected chi connectivity index (χ3v) is 1.03. The second kappa shape index (κ2) is 5.03. The first-order chi connectivity index (χ1) is 5.06. The quantitative estimate of drug-likeness (QED) is 0.492. The molecular weight excluding hydrogens is 155 g/mol. The molecule has 0 unspecified atom stereocenters. The molecule has 0 amide bonds. The lowest BCUT2D eigenvalue weighted by molar-refractivity contribution is -0.133. The Balaban J connectivity index is 3.10. The Kier molecular flexibility index (Phi) is 4.71. The van der Waals surface area contributed by atoms with Gasteiger partial charge in [-0.05, 0) is 0 Å². The second-order valence-electron chi connectivity index (χ2n) is 2.07. The molecule has 64 valence electrons. The summed E-state index contributed by atoms with van der Waals surface area (Å²) in [5.41, 5.74) is 0. The summed E-state index contributed by atoms with van der Waals surface area (Å²) < 4.78 is 34.5. The fourth-order valence-electron chi connectivity index (χ4n) is 0.516. The van der Waals surface area contributed by atoms with E-state index in [1.165, 1.54) is 0 Å². The van der Waals surface area contributed by atoms with E-state index in [2.05, 4.69) is 11.2 Å². The second-order valence-corrected chi connectivity index (χ2v) is 2.07. The number of halogens is 3. The molecule has 0 aliphatic rings. The maximum atomic E-state index is 11.5. The first-order valence-electron chi connectivity index (χ1n) is 3.27. The van der Waals surface area contributed by atoms with Crippen molar-refractivity contribution in [2.45, 2.75) is 19.0 Å². The van der Waals surface area contributed by atoms with Crippen molar-refractivity contribution in [1.29, 1.82) is 0 Å². The Bertz CT molecular complexity index is 134. The maximum Gasteiger partial charge on any atom is 0.390 e. The van der Waals surface area contributed by atoms with Gasteiger partial charge in [-0.25, -0.2) is 0 Å². The van der Waals surface area contributed by atoms with Gasteiger partial charge in [-0.15, -0.1) is 12.3 Å². The summed E-state index contributed by atoms with van der Waals surface area (Å²) >= 11 is 0. The summed E-state index contributed by atoms with van der Waals surface area (Å²) in [4.78, 5) is 0. The molecule has 1 nitrogen and oxygen atoms in total. The third-order valence-electron chi connectivity index (χ3n) is 1.03. The van der Waals surface area contributed by atoms with E-state index in [0.29, 0.717) is 13.0 Å². The summed E-state index contributed by atoms with van der Waals surface area (Å²) in [6.45, 7) is 0.401. The van der Waals surface area contributed by atoms with E-state index in [9.17, 15) is 13.2 Å². The number of hydrogen-bond acceptors (Lipinski definition) is 1. The molecule has 4 heteroatoms. The van der Waals surface area contributed by atoms with Gasteiger partial charge in [0.25, 0.3) is 0 Å². The van der Waals surface area contributed by atoms with E-state index in [1.807, 2.05) is 0 Å². The van der Waals surface area contributed by atoms with Crippen LogP contribution in [0, 0.1) is 12.3 Å². The van der Waals surface area contributed by atoms with Crippen LogP contribution in [0.25, 0.3) is 0 Å². The molecule has 0 aromatic carbocycles. The largest absolute Gasteiger partial charge is 0.390 e. The molecule has 0 rings (SSSR count). The highest BCUT2D eigenvalue weighted by Crippen LogP contribution is 2.17. The van der Waals surface area contributed by atoms with Gasteiger partial charge in [0.2, 0.25) is 0 Å². The summed E-state index contributed by atoms with van der Waals surface area (Å²) in [7, 11) is 0. The summed E-state index contributed by atoms with van der Waals surface area (Å²) in [5.74, 6) is 2.32. The van der Waals surface area contributed by atoms with Crippen molar-refractivity contribution >= 4 is 0 Å². The summed E-state index contributed by atoms with van der Waals surface area (Å²) in [5, 5.41) is 2.58. The van der Waals surface area contributed by atoms with Gasteiger partial charge >= 0.3 is 6.18 Å². The van der Waals surface area contributed by atoms with E-state index >= 15 is 0 Å². The first-order valence-corrected chi connectivity index (χ1v) is 3.27. The van der Waals surface area contributed by atoms with Crippen molar-refractivity contribution in [2.75, 3.05) is 13.1 Å². The normalized spacial score (nSPS) is 11.1. The van der Waals surface area contributed by atoms with Crippen molar-refractivity contribution < 1.29 is 13.2 Å². The number of alkyl halides is 3. The zero-order chi connectivity index (χ0) is 8.74. The van der Waals surface area contributed by atoms with E-state index in [0.717, 1.165) is 0 Å². The predicted molar refractivity (Wildman–Crippen MR) is 37.0 cm³/mol. The molecule has 0 atom stereocenters. The molecule has 0 spiro atoms. The van der Waals surface area contributed by atoms with Gasteiger partial charge in [0.1, 0.15) is 0 Å². The zero-order valence-corrected chi connectivity index (χ0v) is 6.04. The summed E-state index contributed by atoms with van der Waals surface area (Å²) in [6.07, 6.45) is 0.494. The predicted octanol–water partition coefficient (Wildman–Crippen LogP) is 1.55. The van der Waals surface area contributed by atoms with Gasteiger partial charge in [0, 0.05) is 19.5 Å². The molecular formula is C7H10F3N. The molecule has 0 aliphatic carbocycles. The first kappa shape index (κ1) is 10.3.